The Labute approximate surface area is 92.9 Å². The van der Waals surface area contributed by atoms with E-state index in [1.807, 2.05) is 0 Å². The summed E-state index contributed by atoms with van der Waals surface area (Å²) in [5.74, 6) is 0. The number of hydrogen-bond acceptors (Lipinski definition) is 3. The first-order valence-corrected chi connectivity index (χ1v) is 5.27. The van der Waals surface area contributed by atoms with Gasteiger partial charge in [-0.25, -0.2) is 0 Å². The molecule has 3 nitrogen and oxygen atoms in total. The van der Waals surface area contributed by atoms with Gasteiger partial charge in [0, 0.05) is 19.6 Å². The highest BCUT2D eigenvalue weighted by atomic mass is 19.4. The van der Waals surface area contributed by atoms with Gasteiger partial charge in [-0.3, -0.25) is 0 Å². The Hall–Kier alpha value is -0.330. The highest BCUT2D eigenvalue weighted by molar-refractivity contribution is 4.92. The van der Waals surface area contributed by atoms with E-state index in [0.717, 1.165) is 0 Å². The van der Waals surface area contributed by atoms with E-state index >= 15 is 0 Å². The summed E-state index contributed by atoms with van der Waals surface area (Å²) in [6, 6.07) is 0. The van der Waals surface area contributed by atoms with Crippen LogP contribution in [0.2, 0.25) is 0 Å². The van der Waals surface area contributed by atoms with Crippen molar-refractivity contribution in [2.75, 3.05) is 19.6 Å². The lowest BCUT2D eigenvalue weighted by Crippen LogP contribution is -2.55. The van der Waals surface area contributed by atoms with E-state index < -0.39 is 17.4 Å². The number of halogens is 3. The fourth-order valence-electron chi connectivity index (χ4n) is 1.91. The standard InChI is InChI=1S/C10H18F3NO2/c1-8(2,15)7-14-5-3-9(16,4-6-14)10(11,12)13/h15-16H,3-7H2,1-2H3. The molecule has 2 N–H and O–H groups in total. The van der Waals surface area contributed by atoms with Crippen LogP contribution in [0.1, 0.15) is 26.7 Å². The molecule has 0 aromatic heterocycles. The molecule has 0 unspecified atom stereocenters. The summed E-state index contributed by atoms with van der Waals surface area (Å²) in [4.78, 5) is 1.74. The van der Waals surface area contributed by atoms with E-state index in [0.29, 0.717) is 6.54 Å². The third-order valence-electron chi connectivity index (χ3n) is 2.82. The number of β-amino-alcohol motifs (C(OH)–C–C–N with tert-alkyl or cyclic N) is 1. The van der Waals surface area contributed by atoms with Gasteiger partial charge < -0.3 is 15.1 Å². The third kappa shape index (κ3) is 3.33. The molecule has 0 aromatic rings. The Bertz CT molecular complexity index is 239. The van der Waals surface area contributed by atoms with Gasteiger partial charge in [0.25, 0.3) is 0 Å². The maximum Gasteiger partial charge on any atom is 0.417 e. The fourth-order valence-corrected chi connectivity index (χ4v) is 1.91. The highest BCUT2D eigenvalue weighted by Gasteiger charge is 2.54. The van der Waals surface area contributed by atoms with Crippen LogP contribution in [0.3, 0.4) is 0 Å². The van der Waals surface area contributed by atoms with Crippen molar-refractivity contribution in [1.29, 1.82) is 0 Å². The van der Waals surface area contributed by atoms with E-state index in [4.69, 9.17) is 0 Å². The third-order valence-corrected chi connectivity index (χ3v) is 2.82. The Morgan fingerprint density at radius 1 is 1.19 bits per heavy atom. The van der Waals surface area contributed by atoms with Gasteiger partial charge in [-0.05, 0) is 26.7 Å². The summed E-state index contributed by atoms with van der Waals surface area (Å²) in [7, 11) is 0. The number of nitrogens with zero attached hydrogens (tertiary/aromatic N) is 1. The molecule has 6 heteroatoms. The summed E-state index contributed by atoms with van der Waals surface area (Å²) < 4.78 is 37.4. The van der Waals surface area contributed by atoms with Crippen LogP contribution in [0.5, 0.6) is 0 Å². The number of piperidine rings is 1. The van der Waals surface area contributed by atoms with Crippen LogP contribution >= 0.6 is 0 Å². The fraction of sp³-hybridized carbons (Fsp3) is 1.00. The first-order chi connectivity index (χ1) is 7.04. The molecule has 0 bridgehead atoms. The maximum atomic E-state index is 12.5. The van der Waals surface area contributed by atoms with Gasteiger partial charge in [0.05, 0.1) is 5.60 Å². The molecule has 1 aliphatic heterocycles. The van der Waals surface area contributed by atoms with Crippen molar-refractivity contribution >= 4 is 0 Å². The van der Waals surface area contributed by atoms with Gasteiger partial charge >= 0.3 is 6.18 Å². The number of likely N-dealkylation sites (tertiary alicyclic amines) is 1. The Kier molecular flexibility index (Phi) is 3.57. The van der Waals surface area contributed by atoms with Gasteiger partial charge in [-0.15, -0.1) is 0 Å². The van der Waals surface area contributed by atoms with Gasteiger partial charge in [0.2, 0.25) is 0 Å². The second-order valence-electron chi connectivity index (χ2n) is 5.12. The van der Waals surface area contributed by atoms with Crippen molar-refractivity contribution in [3.8, 4) is 0 Å². The molecule has 1 saturated heterocycles. The van der Waals surface area contributed by atoms with Crippen LogP contribution in [0.15, 0.2) is 0 Å². The molecule has 0 atom stereocenters. The molecule has 0 aliphatic carbocycles. The molecule has 0 aromatic carbocycles. The van der Waals surface area contributed by atoms with Gasteiger partial charge in [-0.2, -0.15) is 13.2 Å². The monoisotopic (exact) mass is 241 g/mol. The summed E-state index contributed by atoms with van der Waals surface area (Å²) in [6.07, 6.45) is -5.22. The van der Waals surface area contributed by atoms with E-state index in [9.17, 15) is 23.4 Å². The minimum Gasteiger partial charge on any atom is -0.389 e. The first-order valence-electron chi connectivity index (χ1n) is 5.27. The van der Waals surface area contributed by atoms with E-state index in [2.05, 4.69) is 0 Å². The number of alkyl halides is 3. The van der Waals surface area contributed by atoms with Crippen LogP contribution in [0.25, 0.3) is 0 Å². The SMILES string of the molecule is CC(C)(O)CN1CCC(O)(C(F)(F)F)CC1. The highest BCUT2D eigenvalue weighted by Crippen LogP contribution is 2.38. The van der Waals surface area contributed by atoms with Crippen molar-refractivity contribution in [2.24, 2.45) is 0 Å². The maximum absolute atomic E-state index is 12.5. The smallest absolute Gasteiger partial charge is 0.389 e. The average Bonchev–Trinajstić information content (AvgIpc) is 2.05. The zero-order valence-electron chi connectivity index (χ0n) is 9.51. The van der Waals surface area contributed by atoms with E-state index in [-0.39, 0.29) is 25.9 Å². The van der Waals surface area contributed by atoms with Crippen LogP contribution in [-0.2, 0) is 0 Å². The zero-order chi connectivity index (χ0) is 12.6. The van der Waals surface area contributed by atoms with Gasteiger partial charge in [-0.1, -0.05) is 0 Å². The van der Waals surface area contributed by atoms with Crippen molar-refractivity contribution in [2.45, 2.75) is 44.1 Å². The van der Waals surface area contributed by atoms with Gasteiger partial charge in [0.15, 0.2) is 5.60 Å². The van der Waals surface area contributed by atoms with E-state index in [1.165, 1.54) is 0 Å². The number of hydrogen-bond donors (Lipinski definition) is 2. The minimum atomic E-state index is -4.56. The quantitative estimate of drug-likeness (QED) is 0.762. The van der Waals surface area contributed by atoms with Crippen molar-refractivity contribution in [3.63, 3.8) is 0 Å². The van der Waals surface area contributed by atoms with Crippen LogP contribution in [0.4, 0.5) is 13.2 Å². The molecule has 1 rings (SSSR count). The number of aliphatic hydroxyl groups is 2. The van der Waals surface area contributed by atoms with Crippen molar-refractivity contribution in [3.05, 3.63) is 0 Å². The largest absolute Gasteiger partial charge is 0.417 e. The van der Waals surface area contributed by atoms with Crippen molar-refractivity contribution < 1.29 is 23.4 Å². The second-order valence-corrected chi connectivity index (χ2v) is 5.12. The van der Waals surface area contributed by atoms with Crippen molar-refractivity contribution in [1.82, 2.24) is 4.90 Å². The van der Waals surface area contributed by atoms with Crippen LogP contribution in [-0.4, -0.2) is 52.1 Å². The topological polar surface area (TPSA) is 43.7 Å². The Morgan fingerprint density at radius 3 is 1.94 bits per heavy atom. The summed E-state index contributed by atoms with van der Waals surface area (Å²) in [5, 5.41) is 18.9. The molecule has 1 heterocycles. The van der Waals surface area contributed by atoms with Gasteiger partial charge in [0.1, 0.15) is 0 Å². The molecule has 0 amide bonds. The predicted molar refractivity (Wildman–Crippen MR) is 53.0 cm³/mol. The molecule has 0 spiro atoms. The molecule has 0 radical (unpaired) electrons. The molecule has 0 saturated carbocycles. The molecule has 1 aliphatic rings. The Balaban J connectivity index is 2.52. The zero-order valence-corrected chi connectivity index (χ0v) is 9.51. The molecular weight excluding hydrogens is 223 g/mol. The lowest BCUT2D eigenvalue weighted by molar-refractivity contribution is -0.273. The minimum absolute atomic E-state index is 0.153. The van der Waals surface area contributed by atoms with Crippen LogP contribution in [0, 0.1) is 0 Å². The first kappa shape index (κ1) is 13.7. The normalized spacial score (nSPS) is 23.4. The predicted octanol–water partition coefficient (Wildman–Crippen LogP) is 1.15. The summed E-state index contributed by atoms with van der Waals surface area (Å²) in [6.45, 7) is 3.84. The lowest BCUT2D eigenvalue weighted by Gasteiger charge is -2.40. The second kappa shape index (κ2) is 4.16. The Morgan fingerprint density at radius 2 is 1.62 bits per heavy atom. The summed E-state index contributed by atoms with van der Waals surface area (Å²) >= 11 is 0. The molecule has 1 fully saturated rings. The molecule has 16 heavy (non-hydrogen) atoms. The summed E-state index contributed by atoms with van der Waals surface area (Å²) in [5.41, 5.74) is -3.48. The molecular formula is C10H18F3NO2. The average molecular weight is 241 g/mol. The number of rotatable bonds is 2. The van der Waals surface area contributed by atoms with Crippen LogP contribution < -0.4 is 0 Å². The van der Waals surface area contributed by atoms with E-state index in [1.54, 1.807) is 18.7 Å². The molecule has 96 valence electrons. The lowest BCUT2D eigenvalue weighted by atomic mass is 9.90.